The molecule has 0 aliphatic carbocycles. The second-order valence-corrected chi connectivity index (χ2v) is 8.02. The first kappa shape index (κ1) is 21.8. The first-order chi connectivity index (χ1) is 14.5. The second kappa shape index (κ2) is 10.8. The lowest BCUT2D eigenvalue weighted by Crippen LogP contribution is -2.20. The maximum Gasteiger partial charge on any atom is 0.0709 e. The van der Waals surface area contributed by atoms with Gasteiger partial charge in [0.1, 0.15) is 0 Å². The zero-order valence-electron chi connectivity index (χ0n) is 18.5. The van der Waals surface area contributed by atoms with Crippen LogP contribution in [0.3, 0.4) is 0 Å². The normalized spacial score (nSPS) is 11.1. The summed E-state index contributed by atoms with van der Waals surface area (Å²) in [5.41, 5.74) is 6.48. The van der Waals surface area contributed by atoms with E-state index in [4.69, 9.17) is 4.98 Å². The summed E-state index contributed by atoms with van der Waals surface area (Å²) in [6.45, 7) is 3.88. The first-order valence-corrected chi connectivity index (χ1v) is 10.5. The van der Waals surface area contributed by atoms with Crippen LogP contribution in [-0.2, 0) is 0 Å². The molecule has 1 aromatic heterocycles. The lowest BCUT2D eigenvalue weighted by molar-refractivity contribution is 0.425. The quantitative estimate of drug-likeness (QED) is 0.526. The van der Waals surface area contributed by atoms with Crippen LogP contribution in [0.25, 0.3) is 22.5 Å². The Hall–Kier alpha value is -2.89. The number of likely N-dealkylation sites (N-methyl/N-ethyl adjacent to an activating group) is 2. The molecule has 0 amide bonds. The van der Waals surface area contributed by atoms with Crippen molar-refractivity contribution in [1.82, 2.24) is 14.8 Å². The fourth-order valence-corrected chi connectivity index (χ4v) is 3.12. The molecular weight excluding hydrogens is 370 g/mol. The van der Waals surface area contributed by atoms with Crippen LogP contribution in [0.4, 0.5) is 11.4 Å². The van der Waals surface area contributed by atoms with Crippen molar-refractivity contribution in [3.05, 3.63) is 66.7 Å². The van der Waals surface area contributed by atoms with E-state index in [2.05, 4.69) is 115 Å². The van der Waals surface area contributed by atoms with Crippen LogP contribution < -0.4 is 10.6 Å². The molecule has 0 saturated carbocycles. The van der Waals surface area contributed by atoms with Gasteiger partial charge < -0.3 is 20.4 Å². The molecule has 0 spiro atoms. The minimum atomic E-state index is 0.931. The molecule has 158 valence electrons. The molecule has 3 rings (SSSR count). The van der Waals surface area contributed by atoms with Crippen molar-refractivity contribution >= 4 is 11.4 Å². The summed E-state index contributed by atoms with van der Waals surface area (Å²) in [7, 11) is 8.33. The molecule has 0 saturated heterocycles. The van der Waals surface area contributed by atoms with E-state index < -0.39 is 0 Å². The standard InChI is InChI=1S/C25H33N5/c1-29(2)18-16-26-22-12-8-20(9-13-22)24-6-5-7-25(28-24)21-10-14-23(15-11-21)27-17-19-30(3)4/h5-15,26-27H,16-19H2,1-4H3. The summed E-state index contributed by atoms with van der Waals surface area (Å²) < 4.78 is 0. The van der Waals surface area contributed by atoms with Gasteiger partial charge in [0.2, 0.25) is 0 Å². The maximum absolute atomic E-state index is 4.89. The molecule has 2 aromatic carbocycles. The van der Waals surface area contributed by atoms with Crippen molar-refractivity contribution in [2.75, 3.05) is 65.0 Å². The van der Waals surface area contributed by atoms with Crippen molar-refractivity contribution in [2.45, 2.75) is 0 Å². The third-order valence-corrected chi connectivity index (χ3v) is 4.89. The number of pyridine rings is 1. The number of hydrogen-bond donors (Lipinski definition) is 2. The molecule has 0 bridgehead atoms. The maximum atomic E-state index is 4.89. The Labute approximate surface area is 180 Å². The van der Waals surface area contributed by atoms with Crippen molar-refractivity contribution < 1.29 is 0 Å². The van der Waals surface area contributed by atoms with E-state index in [0.29, 0.717) is 0 Å². The van der Waals surface area contributed by atoms with Gasteiger partial charge in [-0.25, -0.2) is 4.98 Å². The van der Waals surface area contributed by atoms with Crippen LogP contribution in [-0.4, -0.2) is 69.2 Å². The van der Waals surface area contributed by atoms with Crippen molar-refractivity contribution in [3.8, 4) is 22.5 Å². The molecule has 5 nitrogen and oxygen atoms in total. The molecule has 30 heavy (non-hydrogen) atoms. The highest BCUT2D eigenvalue weighted by atomic mass is 15.1. The first-order valence-electron chi connectivity index (χ1n) is 10.5. The molecule has 0 unspecified atom stereocenters. The fraction of sp³-hybridized carbons (Fsp3) is 0.320. The van der Waals surface area contributed by atoms with Gasteiger partial charge in [-0.3, -0.25) is 0 Å². The predicted molar refractivity (Wildman–Crippen MR) is 129 cm³/mol. The van der Waals surface area contributed by atoms with Gasteiger partial charge in [-0.15, -0.1) is 0 Å². The Bertz CT molecular complexity index is 829. The van der Waals surface area contributed by atoms with Crippen LogP contribution in [0.15, 0.2) is 66.7 Å². The molecule has 0 fully saturated rings. The van der Waals surface area contributed by atoms with Gasteiger partial charge >= 0.3 is 0 Å². The van der Waals surface area contributed by atoms with Crippen LogP contribution in [0.5, 0.6) is 0 Å². The van der Waals surface area contributed by atoms with Crippen molar-refractivity contribution in [1.29, 1.82) is 0 Å². The van der Waals surface area contributed by atoms with Gasteiger partial charge in [-0.2, -0.15) is 0 Å². The van der Waals surface area contributed by atoms with Gasteiger partial charge in [-0.05, 0) is 64.6 Å². The lowest BCUT2D eigenvalue weighted by Gasteiger charge is -2.12. The molecule has 2 N–H and O–H groups in total. The molecule has 0 radical (unpaired) electrons. The van der Waals surface area contributed by atoms with Crippen LogP contribution in [0, 0.1) is 0 Å². The zero-order valence-corrected chi connectivity index (χ0v) is 18.5. The van der Waals surface area contributed by atoms with E-state index in [1.54, 1.807) is 0 Å². The monoisotopic (exact) mass is 403 g/mol. The van der Waals surface area contributed by atoms with Crippen molar-refractivity contribution in [3.63, 3.8) is 0 Å². The molecule has 0 aliphatic heterocycles. The molecule has 1 heterocycles. The molecular formula is C25H33N5. The molecule has 0 atom stereocenters. The van der Waals surface area contributed by atoms with E-state index in [1.165, 1.54) is 0 Å². The Balaban J connectivity index is 1.65. The number of nitrogens with one attached hydrogen (secondary N) is 2. The fourth-order valence-electron chi connectivity index (χ4n) is 3.12. The van der Waals surface area contributed by atoms with Crippen LogP contribution >= 0.6 is 0 Å². The minimum Gasteiger partial charge on any atom is -0.384 e. The van der Waals surface area contributed by atoms with Gasteiger partial charge in [-0.1, -0.05) is 30.3 Å². The lowest BCUT2D eigenvalue weighted by atomic mass is 10.1. The summed E-state index contributed by atoms with van der Waals surface area (Å²) in [5.74, 6) is 0. The van der Waals surface area contributed by atoms with Crippen LogP contribution in [0.1, 0.15) is 0 Å². The SMILES string of the molecule is CN(C)CCNc1ccc(-c2cccc(-c3ccc(NCCN(C)C)cc3)n2)cc1. The zero-order chi connectivity index (χ0) is 21.3. The minimum absolute atomic E-state index is 0.931. The Kier molecular flexibility index (Phi) is 7.82. The number of rotatable bonds is 10. The number of benzene rings is 2. The topological polar surface area (TPSA) is 43.4 Å². The Morgan fingerprint density at radius 3 is 1.37 bits per heavy atom. The van der Waals surface area contributed by atoms with Gasteiger partial charge in [0.15, 0.2) is 0 Å². The summed E-state index contributed by atoms with van der Waals surface area (Å²) in [6, 6.07) is 23.2. The number of aromatic nitrogens is 1. The van der Waals surface area contributed by atoms with E-state index in [-0.39, 0.29) is 0 Å². The van der Waals surface area contributed by atoms with Gasteiger partial charge in [0.25, 0.3) is 0 Å². The molecule has 0 aliphatic rings. The average Bonchev–Trinajstić information content (AvgIpc) is 2.74. The van der Waals surface area contributed by atoms with Gasteiger partial charge in [0.05, 0.1) is 11.4 Å². The predicted octanol–water partition coefficient (Wildman–Crippen LogP) is 4.36. The largest absolute Gasteiger partial charge is 0.384 e. The summed E-state index contributed by atoms with van der Waals surface area (Å²) in [4.78, 5) is 9.23. The van der Waals surface area contributed by atoms with E-state index in [0.717, 1.165) is 60.1 Å². The Morgan fingerprint density at radius 1 is 0.600 bits per heavy atom. The van der Waals surface area contributed by atoms with E-state index in [1.807, 2.05) is 0 Å². The molecule has 3 aromatic rings. The van der Waals surface area contributed by atoms with E-state index in [9.17, 15) is 0 Å². The molecule has 5 heteroatoms. The Morgan fingerprint density at radius 2 is 1.00 bits per heavy atom. The van der Waals surface area contributed by atoms with E-state index >= 15 is 0 Å². The van der Waals surface area contributed by atoms with Crippen LogP contribution in [0.2, 0.25) is 0 Å². The second-order valence-electron chi connectivity index (χ2n) is 8.02. The highest BCUT2D eigenvalue weighted by Crippen LogP contribution is 2.25. The highest BCUT2D eigenvalue weighted by Gasteiger charge is 2.04. The number of nitrogens with zero attached hydrogens (tertiary/aromatic N) is 3. The number of anilines is 2. The third-order valence-electron chi connectivity index (χ3n) is 4.89. The number of hydrogen-bond acceptors (Lipinski definition) is 5. The summed E-state index contributed by atoms with van der Waals surface area (Å²) >= 11 is 0. The van der Waals surface area contributed by atoms with Crippen molar-refractivity contribution in [2.24, 2.45) is 0 Å². The average molecular weight is 404 g/mol. The highest BCUT2D eigenvalue weighted by molar-refractivity contribution is 5.68. The smallest absolute Gasteiger partial charge is 0.0709 e. The third kappa shape index (κ3) is 6.58. The van der Waals surface area contributed by atoms with Gasteiger partial charge in [0, 0.05) is 48.7 Å². The summed E-state index contributed by atoms with van der Waals surface area (Å²) in [5, 5.41) is 6.89. The summed E-state index contributed by atoms with van der Waals surface area (Å²) in [6.07, 6.45) is 0.